The maximum Gasteiger partial charge on any atom is 0.243 e. The summed E-state index contributed by atoms with van der Waals surface area (Å²) in [6.45, 7) is 3.85. The summed E-state index contributed by atoms with van der Waals surface area (Å²) in [6, 6.07) is 5.88. The van der Waals surface area contributed by atoms with Crippen molar-refractivity contribution in [1.29, 1.82) is 5.26 Å². The summed E-state index contributed by atoms with van der Waals surface area (Å²) in [5.41, 5.74) is -0.739. The number of sulfonamides is 1. The second-order valence-corrected chi connectivity index (χ2v) is 7.63. The molecule has 0 aromatic heterocycles. The monoisotopic (exact) mass is 314 g/mol. The number of β-amino-alcohol motifs (C(OH)–C–C–N with tert-alkyl or cyclic N) is 1. The van der Waals surface area contributed by atoms with Crippen molar-refractivity contribution in [2.45, 2.75) is 24.3 Å². The number of rotatable bonds is 3. The lowest BCUT2D eigenvalue weighted by Crippen LogP contribution is -2.65. The first kappa shape index (κ1) is 15.3. The van der Waals surface area contributed by atoms with Gasteiger partial charge in [-0.2, -0.15) is 9.57 Å². The van der Waals surface area contributed by atoms with E-state index in [4.69, 9.17) is 16.9 Å². The number of hydrogen-bond donors (Lipinski definition) is 1. The number of halogens is 1. The number of hydrogen-bond acceptors (Lipinski definition) is 4. The van der Waals surface area contributed by atoms with E-state index in [1.807, 2.05) is 19.9 Å². The molecular formula is C13H15ClN2O3S. The predicted molar refractivity (Wildman–Crippen MR) is 74.7 cm³/mol. The lowest BCUT2D eigenvalue weighted by molar-refractivity contribution is -0.0932. The van der Waals surface area contributed by atoms with Crippen LogP contribution >= 0.6 is 11.6 Å². The van der Waals surface area contributed by atoms with Crippen LogP contribution in [0.4, 0.5) is 0 Å². The normalized spacial score (nSPS) is 18.6. The Balaban J connectivity index is 2.26. The molecule has 1 aliphatic rings. The number of nitrogens with zero attached hydrogens (tertiary/aromatic N) is 2. The molecule has 1 aliphatic heterocycles. The molecule has 1 aromatic carbocycles. The molecule has 1 saturated heterocycles. The average Bonchev–Trinajstić information content (AvgIpc) is 2.34. The van der Waals surface area contributed by atoms with Crippen molar-refractivity contribution in [3.05, 3.63) is 28.8 Å². The van der Waals surface area contributed by atoms with Gasteiger partial charge in [-0.15, -0.1) is 0 Å². The largest absolute Gasteiger partial charge is 0.387 e. The van der Waals surface area contributed by atoms with Crippen LogP contribution in [0.25, 0.3) is 0 Å². The van der Waals surface area contributed by atoms with Gasteiger partial charge in [0.2, 0.25) is 10.0 Å². The Morgan fingerprint density at radius 1 is 1.45 bits per heavy atom. The van der Waals surface area contributed by atoms with Gasteiger partial charge in [0, 0.05) is 13.1 Å². The van der Waals surface area contributed by atoms with Gasteiger partial charge < -0.3 is 5.11 Å². The third-order valence-corrected chi connectivity index (χ3v) is 5.77. The van der Waals surface area contributed by atoms with E-state index < -0.39 is 15.6 Å². The molecule has 1 N–H and O–H groups in total. The van der Waals surface area contributed by atoms with Gasteiger partial charge in [-0.3, -0.25) is 0 Å². The maximum atomic E-state index is 12.3. The first-order chi connectivity index (χ1) is 9.20. The molecule has 7 heteroatoms. The van der Waals surface area contributed by atoms with Crippen molar-refractivity contribution in [3.8, 4) is 6.07 Å². The first-order valence-corrected chi connectivity index (χ1v) is 7.95. The Labute approximate surface area is 123 Å². The minimum absolute atomic E-state index is 0.0153. The lowest BCUT2D eigenvalue weighted by atomic mass is 9.85. The van der Waals surface area contributed by atoms with E-state index in [1.165, 1.54) is 22.5 Å². The number of nitriles is 1. The van der Waals surface area contributed by atoms with Crippen molar-refractivity contribution in [3.63, 3.8) is 0 Å². The molecule has 108 valence electrons. The maximum absolute atomic E-state index is 12.3. The molecule has 20 heavy (non-hydrogen) atoms. The molecule has 0 saturated carbocycles. The third-order valence-electron chi connectivity index (χ3n) is 3.67. The molecule has 1 heterocycles. The molecule has 0 amide bonds. The van der Waals surface area contributed by atoms with Gasteiger partial charge >= 0.3 is 0 Å². The van der Waals surface area contributed by atoms with E-state index in [0.717, 1.165) is 0 Å². The van der Waals surface area contributed by atoms with Crippen LogP contribution in [-0.2, 0) is 10.0 Å². The van der Waals surface area contributed by atoms with Crippen molar-refractivity contribution < 1.29 is 13.5 Å². The summed E-state index contributed by atoms with van der Waals surface area (Å²) in [4.78, 5) is 0.0345. The quantitative estimate of drug-likeness (QED) is 0.919. The molecule has 0 radical (unpaired) electrons. The second kappa shape index (κ2) is 5.01. The van der Waals surface area contributed by atoms with Crippen LogP contribution < -0.4 is 0 Å². The van der Waals surface area contributed by atoms with Crippen LogP contribution in [0, 0.1) is 17.2 Å². The summed E-state index contributed by atoms with van der Waals surface area (Å²) < 4.78 is 25.9. The zero-order valence-electron chi connectivity index (χ0n) is 11.2. The highest BCUT2D eigenvalue weighted by atomic mass is 35.5. The highest BCUT2D eigenvalue weighted by Crippen LogP contribution is 2.34. The Hall–Kier alpha value is -1.13. The van der Waals surface area contributed by atoms with Crippen LogP contribution in [0.15, 0.2) is 23.1 Å². The SMILES string of the molecule is CC(C)C1(O)CN(S(=O)(=O)c2ccc(C#N)c(Cl)c2)C1. The zero-order valence-corrected chi connectivity index (χ0v) is 12.7. The predicted octanol–water partition coefficient (Wildman–Crippen LogP) is 1.60. The van der Waals surface area contributed by atoms with Gasteiger partial charge in [-0.1, -0.05) is 25.4 Å². The van der Waals surface area contributed by atoms with Crippen LogP contribution in [0.2, 0.25) is 5.02 Å². The van der Waals surface area contributed by atoms with Gasteiger partial charge in [0.1, 0.15) is 6.07 Å². The van der Waals surface area contributed by atoms with E-state index >= 15 is 0 Å². The highest BCUT2D eigenvalue weighted by Gasteiger charge is 2.49. The van der Waals surface area contributed by atoms with E-state index in [-0.39, 0.29) is 34.5 Å². The minimum atomic E-state index is -3.67. The molecule has 0 aliphatic carbocycles. The first-order valence-electron chi connectivity index (χ1n) is 6.13. The fourth-order valence-electron chi connectivity index (χ4n) is 2.00. The van der Waals surface area contributed by atoms with Gasteiger partial charge in [-0.25, -0.2) is 8.42 Å². The summed E-state index contributed by atoms with van der Waals surface area (Å²) in [7, 11) is -3.67. The third kappa shape index (κ3) is 2.42. The van der Waals surface area contributed by atoms with Gasteiger partial charge in [0.25, 0.3) is 0 Å². The van der Waals surface area contributed by atoms with Crippen molar-refractivity contribution in [1.82, 2.24) is 4.31 Å². The minimum Gasteiger partial charge on any atom is -0.387 e. The standard InChI is InChI=1S/C13H15ClN2O3S/c1-9(2)13(17)7-16(8-13)20(18,19)11-4-3-10(6-15)12(14)5-11/h3-5,9,17H,7-8H2,1-2H3. The van der Waals surface area contributed by atoms with Gasteiger partial charge in [0.05, 0.1) is 21.1 Å². The molecule has 0 atom stereocenters. The van der Waals surface area contributed by atoms with Crippen molar-refractivity contribution >= 4 is 21.6 Å². The number of benzene rings is 1. The van der Waals surface area contributed by atoms with E-state index in [9.17, 15) is 13.5 Å². The Morgan fingerprint density at radius 2 is 2.05 bits per heavy atom. The average molecular weight is 315 g/mol. The van der Waals surface area contributed by atoms with Crippen molar-refractivity contribution in [2.75, 3.05) is 13.1 Å². The number of aliphatic hydroxyl groups is 1. The topological polar surface area (TPSA) is 81.4 Å². The molecule has 0 spiro atoms. The van der Waals surface area contributed by atoms with Crippen LogP contribution in [0.5, 0.6) is 0 Å². The van der Waals surface area contributed by atoms with Gasteiger partial charge in [0.15, 0.2) is 0 Å². The summed E-state index contributed by atoms with van der Waals surface area (Å²) in [5, 5.41) is 19.0. The molecule has 5 nitrogen and oxygen atoms in total. The molecule has 1 aromatic rings. The Morgan fingerprint density at radius 3 is 2.50 bits per heavy atom. The molecule has 0 bridgehead atoms. The Bertz CT molecular complexity index is 673. The lowest BCUT2D eigenvalue weighted by Gasteiger charge is -2.47. The second-order valence-electron chi connectivity index (χ2n) is 5.28. The van der Waals surface area contributed by atoms with Crippen LogP contribution in [-0.4, -0.2) is 36.5 Å². The molecular weight excluding hydrogens is 300 g/mol. The fourth-order valence-corrected chi connectivity index (χ4v) is 3.88. The van der Waals surface area contributed by atoms with Crippen LogP contribution in [0.3, 0.4) is 0 Å². The summed E-state index contributed by atoms with van der Waals surface area (Å²) in [5.74, 6) is -0.0153. The molecule has 2 rings (SSSR count). The van der Waals surface area contributed by atoms with Gasteiger partial charge in [-0.05, 0) is 24.1 Å². The highest BCUT2D eigenvalue weighted by molar-refractivity contribution is 7.89. The summed E-state index contributed by atoms with van der Waals surface area (Å²) >= 11 is 5.85. The zero-order chi connectivity index (χ0) is 15.1. The molecule has 1 fully saturated rings. The fraction of sp³-hybridized carbons (Fsp3) is 0.462. The van der Waals surface area contributed by atoms with E-state index in [0.29, 0.717) is 0 Å². The van der Waals surface area contributed by atoms with Crippen molar-refractivity contribution in [2.24, 2.45) is 5.92 Å². The Kier molecular flexibility index (Phi) is 3.82. The smallest absolute Gasteiger partial charge is 0.243 e. The van der Waals surface area contributed by atoms with Crippen LogP contribution in [0.1, 0.15) is 19.4 Å². The van der Waals surface area contributed by atoms with E-state index in [1.54, 1.807) is 0 Å². The summed E-state index contributed by atoms with van der Waals surface area (Å²) in [6.07, 6.45) is 0. The van der Waals surface area contributed by atoms with E-state index in [2.05, 4.69) is 0 Å². The molecule has 0 unspecified atom stereocenters.